The predicted molar refractivity (Wildman–Crippen MR) is 99.6 cm³/mol. The first-order valence-corrected chi connectivity index (χ1v) is 8.89. The quantitative estimate of drug-likeness (QED) is 0.556. The maximum atomic E-state index is 12.6. The second kappa shape index (κ2) is 8.82. The average Bonchev–Trinajstić information content (AvgIpc) is 3.17. The van der Waals surface area contributed by atoms with Crippen molar-refractivity contribution in [2.45, 2.75) is 25.6 Å². The number of hydrogen-bond acceptors (Lipinski definition) is 3. The lowest BCUT2D eigenvalue weighted by Crippen LogP contribution is -2.09. The summed E-state index contributed by atoms with van der Waals surface area (Å²) in [6, 6.07) is 16.4. The van der Waals surface area contributed by atoms with Gasteiger partial charge in [-0.25, -0.2) is 0 Å². The van der Waals surface area contributed by atoms with Crippen molar-refractivity contribution in [3.8, 4) is 11.5 Å². The molecule has 0 aliphatic heterocycles. The van der Waals surface area contributed by atoms with E-state index in [1.165, 1.54) is 10.9 Å². The molecule has 1 aromatic heterocycles. The molecule has 4 nitrogen and oxygen atoms in total. The number of benzene rings is 2. The van der Waals surface area contributed by atoms with Gasteiger partial charge >= 0.3 is 6.18 Å². The van der Waals surface area contributed by atoms with Gasteiger partial charge in [0.2, 0.25) is 0 Å². The Kier molecular flexibility index (Phi) is 6.23. The van der Waals surface area contributed by atoms with Crippen molar-refractivity contribution < 1.29 is 22.6 Å². The summed E-state index contributed by atoms with van der Waals surface area (Å²) >= 11 is 0. The summed E-state index contributed by atoms with van der Waals surface area (Å²) in [6.07, 6.45) is -1.69. The summed E-state index contributed by atoms with van der Waals surface area (Å²) in [4.78, 5) is 0. The van der Waals surface area contributed by atoms with Crippen LogP contribution in [0.4, 0.5) is 13.2 Å². The van der Waals surface area contributed by atoms with E-state index in [9.17, 15) is 13.2 Å². The zero-order chi connectivity index (χ0) is 20.0. The van der Waals surface area contributed by atoms with Crippen LogP contribution in [0.15, 0.2) is 60.8 Å². The van der Waals surface area contributed by atoms with E-state index in [0.717, 1.165) is 35.1 Å². The topological polar surface area (TPSA) is 36.3 Å². The van der Waals surface area contributed by atoms with Crippen LogP contribution in [0.25, 0.3) is 0 Å². The van der Waals surface area contributed by atoms with Crippen LogP contribution in [0.5, 0.6) is 11.5 Å². The molecule has 3 rings (SSSR count). The number of aromatic nitrogens is 2. The van der Waals surface area contributed by atoms with Crippen molar-refractivity contribution in [1.82, 2.24) is 9.78 Å². The Morgan fingerprint density at radius 3 is 2.04 bits per heavy atom. The first kappa shape index (κ1) is 19.8. The van der Waals surface area contributed by atoms with E-state index in [1.54, 1.807) is 7.11 Å². The van der Waals surface area contributed by atoms with Crippen molar-refractivity contribution >= 4 is 0 Å². The summed E-state index contributed by atoms with van der Waals surface area (Å²) < 4.78 is 49.9. The van der Waals surface area contributed by atoms with Crippen molar-refractivity contribution in [2.75, 3.05) is 13.7 Å². The molecule has 0 radical (unpaired) electrons. The first-order chi connectivity index (χ1) is 13.4. The first-order valence-electron chi connectivity index (χ1n) is 8.89. The van der Waals surface area contributed by atoms with Crippen molar-refractivity contribution in [2.24, 2.45) is 0 Å². The minimum atomic E-state index is -4.41. The summed E-state index contributed by atoms with van der Waals surface area (Å²) in [5.41, 5.74) is 1.30. The molecule has 0 fully saturated rings. The Balaban J connectivity index is 1.44. The van der Waals surface area contributed by atoms with Crippen LogP contribution in [-0.2, 0) is 25.6 Å². The minimum Gasteiger partial charge on any atom is -0.497 e. The molecular weight excluding hydrogens is 369 g/mol. The van der Waals surface area contributed by atoms with Crippen LogP contribution in [0, 0.1) is 0 Å². The fraction of sp³-hybridized carbons (Fsp3) is 0.286. The third-order valence-corrected chi connectivity index (χ3v) is 4.30. The molecule has 0 saturated carbocycles. The van der Waals surface area contributed by atoms with Gasteiger partial charge in [0.05, 0.1) is 13.7 Å². The number of halogens is 3. The molecule has 0 unspecified atom stereocenters. The van der Waals surface area contributed by atoms with Crippen LogP contribution < -0.4 is 9.47 Å². The van der Waals surface area contributed by atoms with Crippen LogP contribution >= 0.6 is 0 Å². The average molecular weight is 390 g/mol. The standard InChI is InChI=1S/C21H21F3N2O2/c1-27-18-6-2-17(3-7-18)12-15-28-19-8-4-16(5-9-19)10-13-26-14-11-20(25-26)21(22,23)24/h2-9,11,14H,10,12-13,15H2,1H3. The van der Waals surface area contributed by atoms with E-state index in [4.69, 9.17) is 9.47 Å². The molecule has 0 aliphatic carbocycles. The molecule has 1 heterocycles. The van der Waals surface area contributed by atoms with Gasteiger partial charge in [-0.2, -0.15) is 18.3 Å². The van der Waals surface area contributed by atoms with Gasteiger partial charge in [0, 0.05) is 19.2 Å². The lowest BCUT2D eigenvalue weighted by Gasteiger charge is -2.08. The second-order valence-electron chi connectivity index (χ2n) is 6.30. The monoisotopic (exact) mass is 390 g/mol. The van der Waals surface area contributed by atoms with Gasteiger partial charge in [0.1, 0.15) is 11.5 Å². The Hall–Kier alpha value is -2.96. The van der Waals surface area contributed by atoms with Crippen LogP contribution in [0.1, 0.15) is 16.8 Å². The molecule has 0 aliphatic rings. The number of aryl methyl sites for hydroxylation is 2. The van der Waals surface area contributed by atoms with Gasteiger partial charge < -0.3 is 9.47 Å². The highest BCUT2D eigenvalue weighted by Gasteiger charge is 2.33. The normalized spacial score (nSPS) is 11.4. The van der Waals surface area contributed by atoms with Gasteiger partial charge in [0.25, 0.3) is 0 Å². The number of rotatable bonds is 8. The Morgan fingerprint density at radius 1 is 0.857 bits per heavy atom. The van der Waals surface area contributed by atoms with E-state index in [-0.39, 0.29) is 0 Å². The number of ether oxygens (including phenoxy) is 2. The number of methoxy groups -OCH3 is 1. The summed E-state index contributed by atoms with van der Waals surface area (Å²) in [7, 11) is 1.64. The Labute approximate surface area is 161 Å². The smallest absolute Gasteiger partial charge is 0.435 e. The molecule has 2 aromatic carbocycles. The molecule has 7 heteroatoms. The molecule has 3 aromatic rings. The lowest BCUT2D eigenvalue weighted by molar-refractivity contribution is -0.141. The minimum absolute atomic E-state index is 0.383. The third kappa shape index (κ3) is 5.52. The van der Waals surface area contributed by atoms with Crippen LogP contribution in [0.2, 0.25) is 0 Å². The number of hydrogen-bond donors (Lipinski definition) is 0. The molecule has 28 heavy (non-hydrogen) atoms. The Bertz CT molecular complexity index is 872. The summed E-state index contributed by atoms with van der Waals surface area (Å²) in [5, 5.41) is 3.55. The molecule has 0 spiro atoms. The highest BCUT2D eigenvalue weighted by atomic mass is 19.4. The third-order valence-electron chi connectivity index (χ3n) is 4.30. The fourth-order valence-corrected chi connectivity index (χ4v) is 2.71. The number of nitrogens with zero attached hydrogens (tertiary/aromatic N) is 2. The van der Waals surface area contributed by atoms with Crippen LogP contribution in [-0.4, -0.2) is 23.5 Å². The SMILES string of the molecule is COc1ccc(CCOc2ccc(CCn3ccc(C(F)(F)F)n3)cc2)cc1. The van der Waals surface area contributed by atoms with Crippen LogP contribution in [0.3, 0.4) is 0 Å². The van der Waals surface area contributed by atoms with Crippen molar-refractivity contribution in [3.05, 3.63) is 77.6 Å². The summed E-state index contributed by atoms with van der Waals surface area (Å²) in [5.74, 6) is 1.58. The molecule has 0 saturated heterocycles. The largest absolute Gasteiger partial charge is 0.497 e. The highest BCUT2D eigenvalue weighted by Crippen LogP contribution is 2.27. The molecule has 0 amide bonds. The number of alkyl halides is 3. The van der Waals surface area contributed by atoms with Gasteiger partial charge in [-0.05, 0) is 47.9 Å². The second-order valence-corrected chi connectivity index (χ2v) is 6.30. The van der Waals surface area contributed by atoms with Crippen molar-refractivity contribution in [3.63, 3.8) is 0 Å². The van der Waals surface area contributed by atoms with E-state index >= 15 is 0 Å². The van der Waals surface area contributed by atoms with E-state index in [0.29, 0.717) is 19.6 Å². The highest BCUT2D eigenvalue weighted by molar-refractivity contribution is 5.29. The van der Waals surface area contributed by atoms with Gasteiger partial charge in [-0.1, -0.05) is 24.3 Å². The maximum Gasteiger partial charge on any atom is 0.435 e. The zero-order valence-corrected chi connectivity index (χ0v) is 15.4. The van der Waals surface area contributed by atoms with Gasteiger partial charge in [-0.3, -0.25) is 4.68 Å². The van der Waals surface area contributed by atoms with E-state index < -0.39 is 11.9 Å². The van der Waals surface area contributed by atoms with Crippen molar-refractivity contribution in [1.29, 1.82) is 0 Å². The fourth-order valence-electron chi connectivity index (χ4n) is 2.71. The molecule has 0 atom stereocenters. The van der Waals surface area contributed by atoms with Gasteiger partial charge in [0.15, 0.2) is 5.69 Å². The molecule has 0 bridgehead atoms. The van der Waals surface area contributed by atoms with E-state index in [1.807, 2.05) is 48.5 Å². The molecule has 0 N–H and O–H groups in total. The maximum absolute atomic E-state index is 12.6. The molecule has 148 valence electrons. The van der Waals surface area contributed by atoms with E-state index in [2.05, 4.69) is 5.10 Å². The summed E-state index contributed by atoms with van der Waals surface area (Å²) in [6.45, 7) is 0.937. The van der Waals surface area contributed by atoms with Gasteiger partial charge in [-0.15, -0.1) is 0 Å². The zero-order valence-electron chi connectivity index (χ0n) is 15.4. The lowest BCUT2D eigenvalue weighted by atomic mass is 10.1. The Morgan fingerprint density at radius 2 is 1.46 bits per heavy atom. The molecular formula is C21H21F3N2O2. The predicted octanol–water partition coefficient (Wildman–Crippen LogP) is 4.77.